The minimum Gasteiger partial charge on any atom is -0.494 e. The first-order valence-corrected chi connectivity index (χ1v) is 8.19. The highest BCUT2D eigenvalue weighted by Gasteiger charge is 2.23. The maximum Gasteiger partial charge on any atom is 0.119 e. The van der Waals surface area contributed by atoms with E-state index in [-0.39, 0.29) is 0 Å². The Balaban J connectivity index is 1.67. The van der Waals surface area contributed by atoms with Gasteiger partial charge in [0, 0.05) is 19.7 Å². The Morgan fingerprint density at radius 3 is 2.67 bits per heavy atom. The third kappa shape index (κ3) is 5.68. The lowest BCUT2D eigenvalue weighted by Crippen LogP contribution is -2.26. The summed E-state index contributed by atoms with van der Waals surface area (Å²) in [6, 6.07) is 8.43. The van der Waals surface area contributed by atoms with E-state index in [1.807, 2.05) is 0 Å². The van der Waals surface area contributed by atoms with Gasteiger partial charge in [-0.3, -0.25) is 0 Å². The van der Waals surface area contributed by atoms with Gasteiger partial charge in [0.25, 0.3) is 0 Å². The van der Waals surface area contributed by atoms with Crippen molar-refractivity contribution in [2.24, 2.45) is 11.8 Å². The minimum absolute atomic E-state index is 0.397. The summed E-state index contributed by atoms with van der Waals surface area (Å²) in [5.41, 5.74) is 1.30. The molecule has 0 spiro atoms. The maximum atomic E-state index is 5.73. The standard InChI is InChI=1S/C18H29NO2/c1-14(2)8-10-21-18-6-4-16(5-7-18)12-19-13-17-9-11-20-15(17)3/h4-7,14-15,17,19H,8-13H2,1-3H3. The molecule has 1 aliphatic rings. The van der Waals surface area contributed by atoms with Crippen LogP contribution in [0.1, 0.15) is 39.2 Å². The average molecular weight is 291 g/mol. The van der Waals surface area contributed by atoms with E-state index in [1.165, 1.54) is 12.0 Å². The monoisotopic (exact) mass is 291 g/mol. The Labute approximate surface area is 129 Å². The van der Waals surface area contributed by atoms with Crippen molar-refractivity contribution >= 4 is 0 Å². The maximum absolute atomic E-state index is 5.73. The van der Waals surface area contributed by atoms with E-state index in [9.17, 15) is 0 Å². The lowest BCUT2D eigenvalue weighted by Gasteiger charge is -2.15. The van der Waals surface area contributed by atoms with Crippen LogP contribution in [0.4, 0.5) is 0 Å². The highest BCUT2D eigenvalue weighted by Crippen LogP contribution is 2.19. The van der Waals surface area contributed by atoms with Gasteiger partial charge in [0.05, 0.1) is 12.7 Å². The van der Waals surface area contributed by atoms with Crippen molar-refractivity contribution in [1.82, 2.24) is 5.32 Å². The summed E-state index contributed by atoms with van der Waals surface area (Å²) in [6.07, 6.45) is 2.68. The van der Waals surface area contributed by atoms with Gasteiger partial charge in [-0.1, -0.05) is 26.0 Å². The van der Waals surface area contributed by atoms with Gasteiger partial charge in [-0.15, -0.1) is 0 Å². The second kappa shape index (κ2) is 8.40. The largest absolute Gasteiger partial charge is 0.494 e. The molecule has 0 aromatic heterocycles. The molecule has 0 amide bonds. The summed E-state index contributed by atoms with van der Waals surface area (Å²) in [7, 11) is 0. The molecule has 0 saturated carbocycles. The Bertz CT molecular complexity index is 402. The van der Waals surface area contributed by atoms with Crippen molar-refractivity contribution in [3.05, 3.63) is 29.8 Å². The minimum atomic E-state index is 0.397. The SMILES string of the molecule is CC(C)CCOc1ccc(CNCC2CCOC2C)cc1. The Morgan fingerprint density at radius 2 is 2.05 bits per heavy atom. The van der Waals surface area contributed by atoms with E-state index in [4.69, 9.17) is 9.47 Å². The summed E-state index contributed by atoms with van der Waals surface area (Å²) in [5.74, 6) is 2.32. The van der Waals surface area contributed by atoms with Crippen LogP contribution in [0.3, 0.4) is 0 Å². The van der Waals surface area contributed by atoms with Crippen LogP contribution in [-0.4, -0.2) is 25.9 Å². The number of nitrogens with one attached hydrogen (secondary N) is 1. The summed E-state index contributed by atoms with van der Waals surface area (Å²) in [5, 5.41) is 3.53. The van der Waals surface area contributed by atoms with Crippen LogP contribution in [0.15, 0.2) is 24.3 Å². The highest BCUT2D eigenvalue weighted by atomic mass is 16.5. The molecule has 21 heavy (non-hydrogen) atoms. The molecule has 2 rings (SSSR count). The van der Waals surface area contributed by atoms with E-state index in [2.05, 4.69) is 50.4 Å². The Kier molecular flexibility index (Phi) is 6.52. The second-order valence-electron chi connectivity index (χ2n) is 6.43. The quantitative estimate of drug-likeness (QED) is 0.793. The van der Waals surface area contributed by atoms with Crippen LogP contribution in [0.5, 0.6) is 5.75 Å². The van der Waals surface area contributed by atoms with E-state index in [0.29, 0.717) is 17.9 Å². The molecule has 1 saturated heterocycles. The number of rotatable bonds is 8. The van der Waals surface area contributed by atoms with Gasteiger partial charge in [0.2, 0.25) is 0 Å². The zero-order valence-corrected chi connectivity index (χ0v) is 13.6. The molecule has 1 aliphatic heterocycles. The van der Waals surface area contributed by atoms with Gasteiger partial charge in [-0.2, -0.15) is 0 Å². The van der Waals surface area contributed by atoms with Crippen LogP contribution in [0, 0.1) is 11.8 Å². The third-order valence-electron chi connectivity index (χ3n) is 4.16. The second-order valence-corrected chi connectivity index (χ2v) is 6.43. The molecule has 3 nitrogen and oxygen atoms in total. The Hall–Kier alpha value is -1.06. The van der Waals surface area contributed by atoms with Crippen molar-refractivity contribution in [2.75, 3.05) is 19.8 Å². The smallest absolute Gasteiger partial charge is 0.119 e. The van der Waals surface area contributed by atoms with Crippen LogP contribution >= 0.6 is 0 Å². The predicted octanol–water partition coefficient (Wildman–Crippen LogP) is 3.63. The van der Waals surface area contributed by atoms with Gasteiger partial charge in [-0.05, 0) is 49.3 Å². The lowest BCUT2D eigenvalue weighted by atomic mass is 10.0. The summed E-state index contributed by atoms with van der Waals surface area (Å²) in [6.45, 7) is 10.3. The molecule has 1 fully saturated rings. The summed E-state index contributed by atoms with van der Waals surface area (Å²) >= 11 is 0. The first-order valence-electron chi connectivity index (χ1n) is 8.19. The number of ether oxygens (including phenoxy) is 2. The summed E-state index contributed by atoms with van der Waals surface area (Å²) in [4.78, 5) is 0. The van der Waals surface area contributed by atoms with Crippen molar-refractivity contribution in [3.8, 4) is 5.75 Å². The molecular weight excluding hydrogens is 262 g/mol. The first kappa shape index (κ1) is 16.3. The molecular formula is C18H29NO2. The lowest BCUT2D eigenvalue weighted by molar-refractivity contribution is 0.105. The highest BCUT2D eigenvalue weighted by molar-refractivity contribution is 5.27. The van der Waals surface area contributed by atoms with Gasteiger partial charge in [0.1, 0.15) is 5.75 Å². The van der Waals surface area contributed by atoms with E-state index < -0.39 is 0 Å². The topological polar surface area (TPSA) is 30.5 Å². The van der Waals surface area contributed by atoms with Gasteiger partial charge in [-0.25, -0.2) is 0 Å². The molecule has 1 N–H and O–H groups in total. The van der Waals surface area contributed by atoms with Crippen LogP contribution in [-0.2, 0) is 11.3 Å². The van der Waals surface area contributed by atoms with Crippen molar-refractivity contribution in [2.45, 2.75) is 46.3 Å². The van der Waals surface area contributed by atoms with Gasteiger partial charge < -0.3 is 14.8 Å². The number of hydrogen-bond donors (Lipinski definition) is 1. The Morgan fingerprint density at radius 1 is 1.29 bits per heavy atom. The van der Waals surface area contributed by atoms with E-state index in [0.717, 1.165) is 38.5 Å². The van der Waals surface area contributed by atoms with E-state index >= 15 is 0 Å². The molecule has 1 aromatic carbocycles. The third-order valence-corrected chi connectivity index (χ3v) is 4.16. The average Bonchev–Trinajstić information content (AvgIpc) is 2.86. The molecule has 0 bridgehead atoms. The molecule has 0 aliphatic carbocycles. The molecule has 1 aromatic rings. The normalized spacial score (nSPS) is 21.9. The zero-order chi connectivity index (χ0) is 15.1. The fraction of sp³-hybridized carbons (Fsp3) is 0.667. The molecule has 2 atom stereocenters. The van der Waals surface area contributed by atoms with Crippen LogP contribution in [0.25, 0.3) is 0 Å². The molecule has 0 radical (unpaired) electrons. The van der Waals surface area contributed by atoms with E-state index in [1.54, 1.807) is 0 Å². The van der Waals surface area contributed by atoms with Crippen molar-refractivity contribution < 1.29 is 9.47 Å². The predicted molar refractivity (Wildman–Crippen MR) is 86.6 cm³/mol. The van der Waals surface area contributed by atoms with Crippen molar-refractivity contribution in [1.29, 1.82) is 0 Å². The zero-order valence-electron chi connectivity index (χ0n) is 13.6. The molecule has 2 unspecified atom stereocenters. The first-order chi connectivity index (χ1) is 10.1. The fourth-order valence-electron chi connectivity index (χ4n) is 2.56. The van der Waals surface area contributed by atoms with Crippen LogP contribution < -0.4 is 10.1 Å². The number of hydrogen-bond acceptors (Lipinski definition) is 3. The molecule has 1 heterocycles. The molecule has 118 valence electrons. The molecule has 3 heteroatoms. The van der Waals surface area contributed by atoms with Crippen LogP contribution in [0.2, 0.25) is 0 Å². The number of benzene rings is 1. The van der Waals surface area contributed by atoms with Crippen molar-refractivity contribution in [3.63, 3.8) is 0 Å². The summed E-state index contributed by atoms with van der Waals surface area (Å²) < 4.78 is 11.3. The fourth-order valence-corrected chi connectivity index (χ4v) is 2.56. The van der Waals surface area contributed by atoms with Gasteiger partial charge >= 0.3 is 0 Å². The van der Waals surface area contributed by atoms with Gasteiger partial charge in [0.15, 0.2) is 0 Å².